The first-order chi connectivity index (χ1) is 12.1. The highest BCUT2D eigenvalue weighted by molar-refractivity contribution is 14.0. The highest BCUT2D eigenvalue weighted by Gasteiger charge is 2.34. The largest absolute Gasteiger partial charge is 0.383 e. The van der Waals surface area contributed by atoms with Gasteiger partial charge in [0.15, 0.2) is 5.96 Å². The van der Waals surface area contributed by atoms with Crippen molar-refractivity contribution < 1.29 is 14.3 Å². The molecule has 0 fully saturated rings. The van der Waals surface area contributed by atoms with Gasteiger partial charge in [-0.3, -0.25) is 19.5 Å². The summed E-state index contributed by atoms with van der Waals surface area (Å²) in [5.74, 6) is 0.323. The number of ether oxygens (including phenoxy) is 1. The molecule has 2 amide bonds. The van der Waals surface area contributed by atoms with Crippen molar-refractivity contribution in [3.8, 4) is 0 Å². The van der Waals surface area contributed by atoms with Crippen molar-refractivity contribution in [3.05, 3.63) is 35.4 Å². The molecule has 0 saturated heterocycles. The molecule has 1 unspecified atom stereocenters. The molecule has 8 heteroatoms. The summed E-state index contributed by atoms with van der Waals surface area (Å²) in [5, 5.41) is 6.44. The molecule has 0 aliphatic carbocycles. The van der Waals surface area contributed by atoms with Crippen LogP contribution < -0.4 is 10.6 Å². The summed E-state index contributed by atoms with van der Waals surface area (Å²) >= 11 is 0. The Bertz CT molecular complexity index is 616. The second-order valence-electron chi connectivity index (χ2n) is 6.01. The van der Waals surface area contributed by atoms with E-state index in [0.717, 1.165) is 12.8 Å². The van der Waals surface area contributed by atoms with Gasteiger partial charge < -0.3 is 15.4 Å². The van der Waals surface area contributed by atoms with E-state index in [1.54, 1.807) is 38.4 Å². The summed E-state index contributed by atoms with van der Waals surface area (Å²) in [6, 6.07) is 7.12. The predicted octanol–water partition coefficient (Wildman–Crippen LogP) is 1.88. The Morgan fingerprint density at radius 1 is 1.19 bits per heavy atom. The smallest absolute Gasteiger partial charge is 0.261 e. The molecular formula is C18H27IN4O3. The third-order valence-electron chi connectivity index (χ3n) is 4.00. The maximum atomic E-state index is 12.3. The van der Waals surface area contributed by atoms with E-state index in [1.165, 1.54) is 4.90 Å². The molecule has 144 valence electrons. The quantitative estimate of drug-likeness (QED) is 0.198. The molecule has 1 aromatic rings. The first-order valence-electron chi connectivity index (χ1n) is 8.49. The van der Waals surface area contributed by atoms with E-state index in [1.807, 2.05) is 6.92 Å². The SMILES string of the molecule is CN=C(NCCCCN1C(=O)c2ccccc2C1=O)NC(C)COC.I. The van der Waals surface area contributed by atoms with E-state index in [2.05, 4.69) is 15.6 Å². The van der Waals surface area contributed by atoms with E-state index >= 15 is 0 Å². The Morgan fingerprint density at radius 3 is 2.35 bits per heavy atom. The van der Waals surface area contributed by atoms with Gasteiger partial charge in [0, 0.05) is 33.3 Å². The zero-order chi connectivity index (χ0) is 18.2. The number of hydrogen-bond donors (Lipinski definition) is 2. The Balaban J connectivity index is 0.00000338. The van der Waals surface area contributed by atoms with E-state index in [0.29, 0.717) is 36.8 Å². The van der Waals surface area contributed by atoms with Gasteiger partial charge in [0.2, 0.25) is 0 Å². The normalized spacial score (nSPS) is 14.7. The molecule has 1 atom stereocenters. The number of aliphatic imine (C=N–C) groups is 1. The van der Waals surface area contributed by atoms with Crippen molar-refractivity contribution in [2.75, 3.05) is 33.9 Å². The van der Waals surface area contributed by atoms with Crippen LogP contribution in [0, 0.1) is 0 Å². The number of nitrogens with zero attached hydrogens (tertiary/aromatic N) is 2. The molecule has 7 nitrogen and oxygen atoms in total. The third-order valence-corrected chi connectivity index (χ3v) is 4.00. The van der Waals surface area contributed by atoms with Gasteiger partial charge in [-0.2, -0.15) is 0 Å². The lowest BCUT2D eigenvalue weighted by Gasteiger charge is -2.17. The van der Waals surface area contributed by atoms with E-state index < -0.39 is 0 Å². The monoisotopic (exact) mass is 474 g/mol. The van der Waals surface area contributed by atoms with Gasteiger partial charge >= 0.3 is 0 Å². The number of rotatable bonds is 8. The fourth-order valence-corrected chi connectivity index (χ4v) is 2.76. The zero-order valence-corrected chi connectivity index (χ0v) is 17.8. The molecule has 2 rings (SSSR count). The van der Waals surface area contributed by atoms with Crippen molar-refractivity contribution in [1.82, 2.24) is 15.5 Å². The Kier molecular flexibility index (Phi) is 9.57. The van der Waals surface area contributed by atoms with Gasteiger partial charge in [-0.05, 0) is 31.9 Å². The zero-order valence-electron chi connectivity index (χ0n) is 15.4. The molecule has 2 N–H and O–H groups in total. The number of halogens is 1. The number of guanidine groups is 1. The summed E-state index contributed by atoms with van der Waals surface area (Å²) in [6.45, 7) is 3.75. The number of methoxy groups -OCH3 is 1. The van der Waals surface area contributed by atoms with Crippen molar-refractivity contribution in [3.63, 3.8) is 0 Å². The van der Waals surface area contributed by atoms with Crippen LogP contribution in [-0.4, -0.2) is 62.6 Å². The molecule has 0 bridgehead atoms. The molecule has 26 heavy (non-hydrogen) atoms. The highest BCUT2D eigenvalue weighted by atomic mass is 127. The molecule has 1 aromatic carbocycles. The fraction of sp³-hybridized carbons (Fsp3) is 0.500. The second kappa shape index (κ2) is 11.1. The topological polar surface area (TPSA) is 83.0 Å². The Labute approximate surface area is 171 Å². The van der Waals surface area contributed by atoms with Crippen LogP contribution >= 0.6 is 24.0 Å². The van der Waals surface area contributed by atoms with Crippen LogP contribution in [0.5, 0.6) is 0 Å². The molecule has 0 saturated carbocycles. The van der Waals surface area contributed by atoms with Crippen LogP contribution in [0.4, 0.5) is 0 Å². The maximum Gasteiger partial charge on any atom is 0.261 e. The molecule has 1 aliphatic rings. The number of fused-ring (bicyclic) bond motifs is 1. The van der Waals surface area contributed by atoms with Gasteiger partial charge in [-0.1, -0.05) is 12.1 Å². The number of hydrogen-bond acceptors (Lipinski definition) is 4. The molecule has 0 spiro atoms. The first kappa shape index (κ1) is 22.4. The number of imide groups is 1. The minimum absolute atomic E-state index is 0. The first-order valence-corrected chi connectivity index (χ1v) is 8.49. The van der Waals surface area contributed by atoms with Gasteiger partial charge in [0.1, 0.15) is 0 Å². The van der Waals surface area contributed by atoms with Gasteiger partial charge in [-0.25, -0.2) is 0 Å². The molecule has 1 aliphatic heterocycles. The number of carbonyl (C=O) groups excluding carboxylic acids is 2. The van der Waals surface area contributed by atoms with Crippen LogP contribution in [0.15, 0.2) is 29.3 Å². The van der Waals surface area contributed by atoms with E-state index in [-0.39, 0.29) is 41.8 Å². The van der Waals surface area contributed by atoms with Crippen molar-refractivity contribution in [2.24, 2.45) is 4.99 Å². The molecular weight excluding hydrogens is 447 g/mol. The number of carbonyl (C=O) groups is 2. The molecule has 0 aromatic heterocycles. The van der Waals surface area contributed by atoms with Crippen molar-refractivity contribution >= 4 is 41.8 Å². The van der Waals surface area contributed by atoms with Gasteiger partial charge in [0.25, 0.3) is 11.8 Å². The molecule has 0 radical (unpaired) electrons. The minimum Gasteiger partial charge on any atom is -0.383 e. The van der Waals surface area contributed by atoms with E-state index in [4.69, 9.17) is 4.74 Å². The van der Waals surface area contributed by atoms with Crippen LogP contribution in [0.25, 0.3) is 0 Å². The number of nitrogens with one attached hydrogen (secondary N) is 2. The lowest BCUT2D eigenvalue weighted by Crippen LogP contribution is -2.44. The lowest BCUT2D eigenvalue weighted by atomic mass is 10.1. The highest BCUT2D eigenvalue weighted by Crippen LogP contribution is 2.22. The Hall–Kier alpha value is -1.68. The number of unbranched alkanes of at least 4 members (excludes halogenated alkanes) is 1. The van der Waals surface area contributed by atoms with Crippen molar-refractivity contribution in [2.45, 2.75) is 25.8 Å². The van der Waals surface area contributed by atoms with Gasteiger partial charge in [0.05, 0.1) is 17.7 Å². The van der Waals surface area contributed by atoms with Crippen molar-refractivity contribution in [1.29, 1.82) is 0 Å². The lowest BCUT2D eigenvalue weighted by molar-refractivity contribution is 0.0652. The summed E-state index contributed by atoms with van der Waals surface area (Å²) in [4.78, 5) is 30.0. The van der Waals surface area contributed by atoms with Gasteiger partial charge in [-0.15, -0.1) is 24.0 Å². The fourth-order valence-electron chi connectivity index (χ4n) is 2.76. The summed E-state index contributed by atoms with van der Waals surface area (Å²) < 4.78 is 5.08. The van der Waals surface area contributed by atoms with Crippen LogP contribution in [0.1, 0.15) is 40.5 Å². The van der Waals surface area contributed by atoms with E-state index in [9.17, 15) is 9.59 Å². The van der Waals surface area contributed by atoms with Crippen LogP contribution in [0.3, 0.4) is 0 Å². The number of amides is 2. The second-order valence-corrected chi connectivity index (χ2v) is 6.01. The standard InChI is InChI=1S/C18H26N4O3.HI/c1-13(12-25-3)21-18(19-2)20-10-6-7-11-22-16(23)14-8-4-5-9-15(14)17(22)24;/h4-5,8-9,13H,6-7,10-12H2,1-3H3,(H2,19,20,21);1H. The molecule has 1 heterocycles. The Morgan fingerprint density at radius 2 is 1.81 bits per heavy atom. The average molecular weight is 474 g/mol. The average Bonchev–Trinajstić information content (AvgIpc) is 2.85. The summed E-state index contributed by atoms with van der Waals surface area (Å²) in [7, 11) is 3.38. The minimum atomic E-state index is -0.195. The van der Waals surface area contributed by atoms with Crippen LogP contribution in [-0.2, 0) is 4.74 Å². The third kappa shape index (κ3) is 5.66. The summed E-state index contributed by atoms with van der Waals surface area (Å²) in [5.41, 5.74) is 1.00. The summed E-state index contributed by atoms with van der Waals surface area (Å²) in [6.07, 6.45) is 1.57. The maximum absolute atomic E-state index is 12.3. The van der Waals surface area contributed by atoms with Crippen LogP contribution in [0.2, 0.25) is 0 Å². The number of benzene rings is 1. The predicted molar refractivity (Wildman–Crippen MR) is 112 cm³/mol.